The first kappa shape index (κ1) is 13.7. The SMILES string of the molecule is NS(=O)(=O)c1ccc(NC(=O)c2ccsc2)c(F)c1. The number of sulfonamides is 1. The van der Waals surface area contributed by atoms with Crippen LogP contribution in [-0.4, -0.2) is 14.3 Å². The second kappa shape index (κ2) is 5.08. The van der Waals surface area contributed by atoms with Crippen molar-refractivity contribution in [2.24, 2.45) is 5.14 Å². The minimum absolute atomic E-state index is 0.108. The van der Waals surface area contributed by atoms with Crippen molar-refractivity contribution in [3.63, 3.8) is 0 Å². The summed E-state index contributed by atoms with van der Waals surface area (Å²) >= 11 is 1.34. The molecule has 5 nitrogen and oxygen atoms in total. The van der Waals surface area contributed by atoms with Crippen LogP contribution < -0.4 is 10.5 Å². The Morgan fingerprint density at radius 1 is 1.32 bits per heavy atom. The maximum Gasteiger partial charge on any atom is 0.256 e. The molecule has 8 heteroatoms. The summed E-state index contributed by atoms with van der Waals surface area (Å²) in [6, 6.07) is 4.64. The monoisotopic (exact) mass is 300 g/mol. The third kappa shape index (κ3) is 3.16. The number of primary sulfonamides is 1. The van der Waals surface area contributed by atoms with Crippen LogP contribution in [0.2, 0.25) is 0 Å². The molecule has 1 heterocycles. The number of hydrogen-bond donors (Lipinski definition) is 2. The molecule has 2 aromatic rings. The second-order valence-corrected chi connectivity index (χ2v) is 5.99. The van der Waals surface area contributed by atoms with Gasteiger partial charge in [-0.05, 0) is 29.6 Å². The van der Waals surface area contributed by atoms with Crippen molar-refractivity contribution in [1.82, 2.24) is 0 Å². The van der Waals surface area contributed by atoms with Gasteiger partial charge in [-0.3, -0.25) is 4.79 Å². The van der Waals surface area contributed by atoms with Crippen LogP contribution in [0.4, 0.5) is 10.1 Å². The van der Waals surface area contributed by atoms with Crippen molar-refractivity contribution in [1.29, 1.82) is 0 Å². The predicted octanol–water partition coefficient (Wildman–Crippen LogP) is 1.79. The first-order chi connectivity index (χ1) is 8.88. The Morgan fingerprint density at radius 3 is 2.58 bits per heavy atom. The molecule has 1 aromatic heterocycles. The van der Waals surface area contributed by atoms with E-state index in [-0.39, 0.29) is 10.6 Å². The smallest absolute Gasteiger partial charge is 0.256 e. The van der Waals surface area contributed by atoms with E-state index in [0.29, 0.717) is 5.56 Å². The van der Waals surface area contributed by atoms with E-state index in [0.717, 1.165) is 18.2 Å². The molecule has 0 saturated carbocycles. The molecule has 0 radical (unpaired) electrons. The zero-order chi connectivity index (χ0) is 14.0. The molecular formula is C11H9FN2O3S2. The molecule has 0 spiro atoms. The number of amides is 1. The van der Waals surface area contributed by atoms with Gasteiger partial charge in [-0.25, -0.2) is 17.9 Å². The molecule has 0 fully saturated rings. The summed E-state index contributed by atoms with van der Waals surface area (Å²) in [4.78, 5) is 11.3. The summed E-state index contributed by atoms with van der Waals surface area (Å²) in [5, 5.41) is 10.6. The Kier molecular flexibility index (Phi) is 3.65. The summed E-state index contributed by atoms with van der Waals surface area (Å²) < 4.78 is 35.7. The number of carbonyl (C=O) groups is 1. The van der Waals surface area contributed by atoms with Gasteiger partial charge in [0.25, 0.3) is 5.91 Å². The number of benzene rings is 1. The molecule has 1 amide bonds. The standard InChI is InChI=1S/C11H9FN2O3S2/c12-9-5-8(19(13,16)17)1-2-10(9)14-11(15)7-3-4-18-6-7/h1-6H,(H,14,15)(H2,13,16,17). The summed E-state index contributed by atoms with van der Waals surface area (Å²) in [5.41, 5.74) is 0.295. The average molecular weight is 300 g/mol. The highest BCUT2D eigenvalue weighted by Crippen LogP contribution is 2.19. The van der Waals surface area contributed by atoms with Gasteiger partial charge in [0.2, 0.25) is 10.0 Å². The van der Waals surface area contributed by atoms with Crippen LogP contribution >= 0.6 is 11.3 Å². The van der Waals surface area contributed by atoms with Crippen LogP contribution in [0.15, 0.2) is 39.9 Å². The van der Waals surface area contributed by atoms with E-state index in [1.807, 2.05) is 0 Å². The lowest BCUT2D eigenvalue weighted by molar-refractivity contribution is 0.102. The molecule has 0 unspecified atom stereocenters. The Hall–Kier alpha value is -1.77. The largest absolute Gasteiger partial charge is 0.319 e. The third-order valence-corrected chi connectivity index (χ3v) is 3.89. The molecule has 0 atom stereocenters. The topological polar surface area (TPSA) is 89.3 Å². The van der Waals surface area contributed by atoms with E-state index in [1.165, 1.54) is 11.3 Å². The van der Waals surface area contributed by atoms with Crippen LogP contribution in [0.5, 0.6) is 0 Å². The molecule has 19 heavy (non-hydrogen) atoms. The fraction of sp³-hybridized carbons (Fsp3) is 0. The van der Waals surface area contributed by atoms with Crippen molar-refractivity contribution >= 4 is 33.0 Å². The normalized spacial score (nSPS) is 11.3. The van der Waals surface area contributed by atoms with Crippen molar-refractivity contribution < 1.29 is 17.6 Å². The van der Waals surface area contributed by atoms with Crippen LogP contribution in [0.25, 0.3) is 0 Å². The highest BCUT2D eigenvalue weighted by molar-refractivity contribution is 7.89. The van der Waals surface area contributed by atoms with Crippen molar-refractivity contribution in [3.05, 3.63) is 46.4 Å². The molecule has 0 aliphatic rings. The number of nitrogens with two attached hydrogens (primary N) is 1. The Bertz CT molecular complexity index is 712. The van der Waals surface area contributed by atoms with Gasteiger partial charge in [-0.15, -0.1) is 0 Å². The fourth-order valence-electron chi connectivity index (χ4n) is 1.36. The fourth-order valence-corrected chi connectivity index (χ4v) is 2.52. The van der Waals surface area contributed by atoms with Gasteiger partial charge in [-0.2, -0.15) is 11.3 Å². The van der Waals surface area contributed by atoms with Gasteiger partial charge in [-0.1, -0.05) is 0 Å². The van der Waals surface area contributed by atoms with E-state index < -0.39 is 21.7 Å². The number of carbonyl (C=O) groups excluding carboxylic acids is 1. The van der Waals surface area contributed by atoms with Crippen LogP contribution in [0, 0.1) is 5.82 Å². The average Bonchev–Trinajstić information content (AvgIpc) is 2.84. The van der Waals surface area contributed by atoms with Crippen molar-refractivity contribution in [3.8, 4) is 0 Å². The van der Waals surface area contributed by atoms with Gasteiger partial charge in [0.05, 0.1) is 16.1 Å². The van der Waals surface area contributed by atoms with Crippen LogP contribution in [-0.2, 0) is 10.0 Å². The number of thiophene rings is 1. The van der Waals surface area contributed by atoms with E-state index in [9.17, 15) is 17.6 Å². The zero-order valence-corrected chi connectivity index (χ0v) is 11.1. The maximum atomic E-state index is 13.7. The zero-order valence-electron chi connectivity index (χ0n) is 9.46. The first-order valence-corrected chi connectivity index (χ1v) is 7.53. The molecule has 0 aliphatic heterocycles. The lowest BCUT2D eigenvalue weighted by Gasteiger charge is -2.06. The Morgan fingerprint density at radius 2 is 2.05 bits per heavy atom. The van der Waals surface area contributed by atoms with Crippen LogP contribution in [0.3, 0.4) is 0 Å². The molecule has 0 aliphatic carbocycles. The Labute approximate surface area is 112 Å². The van der Waals surface area contributed by atoms with E-state index >= 15 is 0 Å². The first-order valence-electron chi connectivity index (χ1n) is 5.04. The van der Waals surface area contributed by atoms with E-state index in [1.54, 1.807) is 16.8 Å². The number of anilines is 1. The van der Waals surface area contributed by atoms with Gasteiger partial charge in [0, 0.05) is 5.38 Å². The molecule has 100 valence electrons. The highest BCUT2D eigenvalue weighted by atomic mass is 32.2. The minimum Gasteiger partial charge on any atom is -0.319 e. The molecule has 1 aromatic carbocycles. The Balaban J connectivity index is 2.25. The van der Waals surface area contributed by atoms with Gasteiger partial charge in [0.1, 0.15) is 5.82 Å². The predicted molar refractivity (Wildman–Crippen MR) is 70.0 cm³/mol. The summed E-state index contributed by atoms with van der Waals surface area (Å²) in [6.45, 7) is 0. The third-order valence-electron chi connectivity index (χ3n) is 2.30. The number of nitrogens with one attached hydrogen (secondary N) is 1. The van der Waals surface area contributed by atoms with Gasteiger partial charge >= 0.3 is 0 Å². The van der Waals surface area contributed by atoms with E-state index in [2.05, 4.69) is 5.32 Å². The molecule has 2 rings (SSSR count). The van der Waals surface area contributed by atoms with Crippen LogP contribution in [0.1, 0.15) is 10.4 Å². The molecular weight excluding hydrogens is 291 g/mol. The van der Waals surface area contributed by atoms with Crippen molar-refractivity contribution in [2.45, 2.75) is 4.90 Å². The number of hydrogen-bond acceptors (Lipinski definition) is 4. The lowest BCUT2D eigenvalue weighted by atomic mass is 10.2. The number of rotatable bonds is 3. The van der Waals surface area contributed by atoms with Gasteiger partial charge < -0.3 is 5.32 Å². The molecule has 0 bridgehead atoms. The highest BCUT2D eigenvalue weighted by Gasteiger charge is 2.14. The molecule has 3 N–H and O–H groups in total. The summed E-state index contributed by atoms with van der Waals surface area (Å²) in [6.07, 6.45) is 0. The molecule has 0 saturated heterocycles. The lowest BCUT2D eigenvalue weighted by Crippen LogP contribution is -2.14. The minimum atomic E-state index is -3.96. The summed E-state index contributed by atoms with van der Waals surface area (Å²) in [7, 11) is -3.96. The van der Waals surface area contributed by atoms with E-state index in [4.69, 9.17) is 5.14 Å². The second-order valence-electron chi connectivity index (χ2n) is 3.65. The van der Waals surface area contributed by atoms with Crippen molar-refractivity contribution in [2.75, 3.05) is 5.32 Å². The van der Waals surface area contributed by atoms with Gasteiger partial charge in [0.15, 0.2) is 0 Å². The number of halogens is 1. The maximum absolute atomic E-state index is 13.7. The summed E-state index contributed by atoms with van der Waals surface area (Å²) in [5.74, 6) is -1.33. The quantitative estimate of drug-likeness (QED) is 0.905.